The first-order valence-electron chi connectivity index (χ1n) is 12.7. The quantitative estimate of drug-likeness (QED) is 0.653. The molecule has 1 aromatic carbocycles. The largest absolute Gasteiger partial charge is 0.387 e. The molecule has 2 aliphatic heterocycles. The van der Waals surface area contributed by atoms with Gasteiger partial charge in [-0.05, 0) is 56.0 Å². The first-order valence-corrected chi connectivity index (χ1v) is 13.1. The molecule has 0 bridgehead atoms. The van der Waals surface area contributed by atoms with Gasteiger partial charge in [0.2, 0.25) is 5.91 Å². The number of halogens is 1. The van der Waals surface area contributed by atoms with Crippen molar-refractivity contribution in [3.8, 4) is 0 Å². The van der Waals surface area contributed by atoms with Gasteiger partial charge in [-0.3, -0.25) is 4.79 Å². The number of hydrogen-bond acceptors (Lipinski definition) is 7. The summed E-state index contributed by atoms with van der Waals surface area (Å²) in [6, 6.07) is 7.96. The molecule has 1 aliphatic carbocycles. The Balaban J connectivity index is 1.29. The third-order valence-corrected chi connectivity index (χ3v) is 8.07. The van der Waals surface area contributed by atoms with Gasteiger partial charge >= 0.3 is 0 Å². The average molecular weight is 499 g/mol. The van der Waals surface area contributed by atoms with E-state index in [-0.39, 0.29) is 23.8 Å². The summed E-state index contributed by atoms with van der Waals surface area (Å²) in [5, 5.41) is 11.0. The molecule has 3 N–H and O–H groups in total. The number of carbonyl (C=O) groups excluding carboxylic acids is 1. The summed E-state index contributed by atoms with van der Waals surface area (Å²) in [7, 11) is 0. The number of fused-ring (bicyclic) bond motifs is 1. The van der Waals surface area contributed by atoms with Gasteiger partial charge in [0.25, 0.3) is 0 Å². The average Bonchev–Trinajstić information content (AvgIpc) is 3.17. The van der Waals surface area contributed by atoms with Gasteiger partial charge in [0, 0.05) is 49.4 Å². The molecule has 0 saturated carbocycles. The van der Waals surface area contributed by atoms with Gasteiger partial charge in [0.05, 0.1) is 17.7 Å². The normalized spacial score (nSPS) is 24.5. The molecular formula is C26H35ClN6O2. The molecule has 188 valence electrons. The number of aliphatic hydroxyl groups is 1. The molecule has 3 aliphatic rings. The van der Waals surface area contributed by atoms with E-state index in [4.69, 9.17) is 17.3 Å². The molecule has 2 aromatic rings. The number of rotatable bonds is 5. The zero-order chi connectivity index (χ0) is 24.5. The zero-order valence-corrected chi connectivity index (χ0v) is 21.1. The lowest BCUT2D eigenvalue weighted by molar-refractivity contribution is -0.133. The number of nitrogens with two attached hydrogens (primary N) is 1. The summed E-state index contributed by atoms with van der Waals surface area (Å²) in [6.45, 7) is 7.37. The maximum Gasteiger partial charge on any atom is 0.231 e. The third-order valence-electron chi connectivity index (χ3n) is 7.81. The first-order chi connectivity index (χ1) is 16.9. The standard InChI is InChI=1S/C26H35ClN6O2/c1-17-14-22(34)24-23(17)25(30-16-29-24)32-10-12-33(13-11-32)26(35)21(18-2-4-19(27)5-3-18)15-31-8-6-20(28)7-9-31/h2-5,16-17,20-22,34H,6-15,28H2,1H3/t17-,21?,22-/m1/s1. The minimum Gasteiger partial charge on any atom is -0.387 e. The lowest BCUT2D eigenvalue weighted by Gasteiger charge is -2.39. The summed E-state index contributed by atoms with van der Waals surface area (Å²) >= 11 is 6.14. The fourth-order valence-corrected chi connectivity index (χ4v) is 5.85. The molecule has 2 fully saturated rings. The Hall–Kier alpha value is -2.26. The topological polar surface area (TPSA) is 98.8 Å². The van der Waals surface area contributed by atoms with Crippen LogP contribution in [0.15, 0.2) is 30.6 Å². The van der Waals surface area contributed by atoms with Gasteiger partial charge in [-0.2, -0.15) is 0 Å². The van der Waals surface area contributed by atoms with E-state index in [1.807, 2.05) is 29.2 Å². The molecule has 3 atom stereocenters. The molecular weight excluding hydrogens is 464 g/mol. The summed E-state index contributed by atoms with van der Waals surface area (Å²) < 4.78 is 0. The second kappa shape index (κ2) is 10.4. The van der Waals surface area contributed by atoms with Gasteiger partial charge in [0.15, 0.2) is 0 Å². The van der Waals surface area contributed by atoms with Gasteiger partial charge < -0.3 is 25.5 Å². The number of hydrogen-bond donors (Lipinski definition) is 2. The number of piperazine rings is 1. The van der Waals surface area contributed by atoms with Crippen LogP contribution in [0.3, 0.4) is 0 Å². The number of carbonyl (C=O) groups is 1. The molecule has 5 rings (SSSR count). The third kappa shape index (κ3) is 5.16. The Bertz CT molecular complexity index is 1030. The minimum atomic E-state index is -0.519. The number of benzene rings is 1. The van der Waals surface area contributed by atoms with Gasteiger partial charge in [0.1, 0.15) is 12.1 Å². The monoisotopic (exact) mass is 498 g/mol. The molecule has 1 unspecified atom stereocenters. The Kier molecular flexibility index (Phi) is 7.25. The molecule has 9 heteroatoms. The van der Waals surface area contributed by atoms with E-state index in [1.165, 1.54) is 0 Å². The van der Waals surface area contributed by atoms with Crippen molar-refractivity contribution in [2.45, 2.75) is 50.2 Å². The van der Waals surface area contributed by atoms with E-state index in [0.717, 1.165) is 48.6 Å². The Labute approximate surface area is 212 Å². The van der Waals surface area contributed by atoms with E-state index in [1.54, 1.807) is 6.33 Å². The van der Waals surface area contributed by atoms with Crippen LogP contribution in [-0.4, -0.2) is 82.6 Å². The lowest BCUT2D eigenvalue weighted by atomic mass is 9.95. The number of piperidine rings is 1. The van der Waals surface area contributed by atoms with Gasteiger partial charge in [-0.1, -0.05) is 30.7 Å². The van der Waals surface area contributed by atoms with Crippen molar-refractivity contribution in [3.63, 3.8) is 0 Å². The number of aromatic nitrogens is 2. The number of anilines is 1. The highest BCUT2D eigenvalue weighted by atomic mass is 35.5. The van der Waals surface area contributed by atoms with Crippen LogP contribution in [0.2, 0.25) is 5.02 Å². The summed E-state index contributed by atoms with van der Waals surface area (Å²) in [5.74, 6) is 1.07. The Morgan fingerprint density at radius 1 is 1.11 bits per heavy atom. The number of amides is 1. The lowest BCUT2D eigenvalue weighted by Crippen LogP contribution is -2.52. The van der Waals surface area contributed by atoms with Crippen molar-refractivity contribution in [3.05, 3.63) is 52.4 Å². The van der Waals surface area contributed by atoms with Crippen molar-refractivity contribution in [2.24, 2.45) is 5.73 Å². The minimum absolute atomic E-state index is 0.165. The van der Waals surface area contributed by atoms with Crippen LogP contribution in [0.1, 0.15) is 60.9 Å². The van der Waals surface area contributed by atoms with E-state index < -0.39 is 6.10 Å². The van der Waals surface area contributed by atoms with E-state index >= 15 is 0 Å². The highest BCUT2D eigenvalue weighted by molar-refractivity contribution is 6.30. The number of aliphatic hydroxyl groups excluding tert-OH is 1. The summed E-state index contributed by atoms with van der Waals surface area (Å²) in [5.41, 5.74) is 8.92. The molecule has 1 aromatic heterocycles. The molecule has 0 radical (unpaired) electrons. The molecule has 0 spiro atoms. The maximum atomic E-state index is 13.8. The van der Waals surface area contributed by atoms with Crippen molar-refractivity contribution in [1.29, 1.82) is 0 Å². The van der Waals surface area contributed by atoms with E-state index in [2.05, 4.69) is 26.7 Å². The molecule has 1 amide bonds. The molecule has 2 saturated heterocycles. The maximum absolute atomic E-state index is 13.8. The second-order valence-electron chi connectivity index (χ2n) is 10.2. The predicted molar refractivity (Wildman–Crippen MR) is 137 cm³/mol. The highest BCUT2D eigenvalue weighted by Crippen LogP contribution is 2.42. The molecule has 35 heavy (non-hydrogen) atoms. The van der Waals surface area contributed by atoms with Crippen LogP contribution in [-0.2, 0) is 4.79 Å². The fourth-order valence-electron chi connectivity index (χ4n) is 5.73. The molecule has 3 heterocycles. The van der Waals surface area contributed by atoms with Crippen LogP contribution in [0.5, 0.6) is 0 Å². The highest BCUT2D eigenvalue weighted by Gasteiger charge is 2.35. The Morgan fingerprint density at radius 2 is 1.80 bits per heavy atom. The van der Waals surface area contributed by atoms with Crippen LogP contribution >= 0.6 is 11.6 Å². The van der Waals surface area contributed by atoms with Crippen LogP contribution in [0.25, 0.3) is 0 Å². The Morgan fingerprint density at radius 3 is 2.49 bits per heavy atom. The van der Waals surface area contributed by atoms with Gasteiger partial charge in [-0.15, -0.1) is 0 Å². The first kappa shape index (κ1) is 24.4. The second-order valence-corrected chi connectivity index (χ2v) is 10.6. The number of likely N-dealkylation sites (tertiary alicyclic amines) is 1. The summed E-state index contributed by atoms with van der Waals surface area (Å²) in [6.07, 6.45) is 3.65. The van der Waals surface area contributed by atoms with Crippen molar-refractivity contribution >= 4 is 23.3 Å². The van der Waals surface area contributed by atoms with Crippen molar-refractivity contribution in [1.82, 2.24) is 19.8 Å². The zero-order valence-electron chi connectivity index (χ0n) is 20.3. The SMILES string of the molecule is C[C@@H]1C[C@@H](O)c2ncnc(N3CCN(C(=O)C(CN4CCC(N)CC4)c4ccc(Cl)cc4)CC3)c21. The fraction of sp³-hybridized carbons (Fsp3) is 0.577. The number of nitrogens with zero attached hydrogens (tertiary/aromatic N) is 5. The van der Waals surface area contributed by atoms with E-state index in [0.29, 0.717) is 44.2 Å². The van der Waals surface area contributed by atoms with E-state index in [9.17, 15) is 9.90 Å². The van der Waals surface area contributed by atoms with Crippen LogP contribution in [0, 0.1) is 0 Å². The molecule has 8 nitrogen and oxygen atoms in total. The predicted octanol–water partition coefficient (Wildman–Crippen LogP) is 2.53. The van der Waals surface area contributed by atoms with Crippen molar-refractivity contribution < 1.29 is 9.90 Å². The van der Waals surface area contributed by atoms with Crippen LogP contribution < -0.4 is 10.6 Å². The van der Waals surface area contributed by atoms with Crippen molar-refractivity contribution in [2.75, 3.05) is 50.7 Å². The smallest absolute Gasteiger partial charge is 0.231 e. The van der Waals surface area contributed by atoms with Gasteiger partial charge in [-0.25, -0.2) is 9.97 Å². The summed E-state index contributed by atoms with van der Waals surface area (Å²) in [4.78, 5) is 29.3. The van der Waals surface area contributed by atoms with Crippen LogP contribution in [0.4, 0.5) is 5.82 Å².